The molecule has 0 aliphatic heterocycles. The third kappa shape index (κ3) is 15.0. The van der Waals surface area contributed by atoms with E-state index in [1.807, 2.05) is 13.8 Å². The van der Waals surface area contributed by atoms with E-state index in [2.05, 4.69) is 60.7 Å². The third-order valence-electron chi connectivity index (χ3n) is 4.52. The molecule has 0 heterocycles. The maximum atomic E-state index is 11.2. The van der Waals surface area contributed by atoms with Gasteiger partial charge in [0.25, 0.3) is 0 Å². The van der Waals surface area contributed by atoms with Crippen LogP contribution in [-0.2, 0) is 31.9 Å². The van der Waals surface area contributed by atoms with Gasteiger partial charge in [-0.25, -0.2) is 4.79 Å². The minimum Gasteiger partial charge on any atom is -0.0622 e. The van der Waals surface area contributed by atoms with Crippen molar-refractivity contribution in [2.24, 2.45) is 0 Å². The molecule has 32 heavy (non-hydrogen) atoms. The molecule has 2 rings (SSSR count). The molecule has 0 bridgehead atoms. The molecule has 0 aromatic heterocycles. The van der Waals surface area contributed by atoms with Crippen molar-refractivity contribution < 1.29 is 24.2 Å². The van der Waals surface area contributed by atoms with E-state index in [0.29, 0.717) is 6.61 Å². The molecule has 6 heteroatoms. The molecule has 2 radical (unpaired) electrons. The summed E-state index contributed by atoms with van der Waals surface area (Å²) >= 11 is 0. The Morgan fingerprint density at radius 3 is 1.66 bits per heavy atom. The Balaban J connectivity index is 0.000000589. The van der Waals surface area contributed by atoms with Crippen LogP contribution in [0.15, 0.2) is 60.7 Å². The molecule has 0 saturated carbocycles. The van der Waals surface area contributed by atoms with Crippen LogP contribution in [0, 0.1) is 0 Å². The van der Waals surface area contributed by atoms with Crippen molar-refractivity contribution in [1.82, 2.24) is 0 Å². The van der Waals surface area contributed by atoms with Gasteiger partial charge >= 0.3 is 35.8 Å². The Morgan fingerprint density at radius 1 is 0.781 bits per heavy atom. The SMILES string of the molecule is CCCCOC(=O)CC(O)C(=O)OCCCC.[SnH2].c1ccc(CCc2ccccc2)cc1. The second-order valence-electron chi connectivity index (χ2n) is 7.29. The van der Waals surface area contributed by atoms with Crippen molar-refractivity contribution in [3.05, 3.63) is 71.8 Å². The second kappa shape index (κ2) is 19.8. The molecule has 1 atom stereocenters. The number of hydrogen-bond acceptors (Lipinski definition) is 5. The van der Waals surface area contributed by atoms with Gasteiger partial charge in [-0.2, -0.15) is 0 Å². The molecule has 1 unspecified atom stereocenters. The average Bonchev–Trinajstić information content (AvgIpc) is 2.80. The predicted octanol–water partition coefficient (Wildman–Crippen LogP) is 3.98. The summed E-state index contributed by atoms with van der Waals surface area (Å²) in [6.45, 7) is 4.55. The summed E-state index contributed by atoms with van der Waals surface area (Å²) in [6, 6.07) is 21.2. The van der Waals surface area contributed by atoms with Crippen LogP contribution in [0.2, 0.25) is 0 Å². The van der Waals surface area contributed by atoms with E-state index in [1.54, 1.807) is 0 Å². The van der Waals surface area contributed by atoms with Crippen LogP contribution >= 0.6 is 0 Å². The Hall–Kier alpha value is -1.86. The van der Waals surface area contributed by atoms with Crippen LogP contribution in [0.1, 0.15) is 57.1 Å². The summed E-state index contributed by atoms with van der Waals surface area (Å²) in [5, 5.41) is 9.37. The topological polar surface area (TPSA) is 72.8 Å². The number of aryl methyl sites for hydroxylation is 2. The minimum atomic E-state index is -1.42. The van der Waals surface area contributed by atoms with Crippen molar-refractivity contribution in [3.8, 4) is 0 Å². The van der Waals surface area contributed by atoms with Crippen molar-refractivity contribution in [2.75, 3.05) is 13.2 Å². The molecule has 0 spiro atoms. The Kier molecular flexibility index (Phi) is 18.6. The summed E-state index contributed by atoms with van der Waals surface area (Å²) in [7, 11) is 0. The third-order valence-corrected chi connectivity index (χ3v) is 4.52. The van der Waals surface area contributed by atoms with E-state index in [4.69, 9.17) is 9.47 Å². The van der Waals surface area contributed by atoms with E-state index in [9.17, 15) is 14.7 Å². The number of aliphatic hydroxyl groups is 1. The normalized spacial score (nSPS) is 10.7. The Labute approximate surface area is 209 Å². The summed E-state index contributed by atoms with van der Waals surface area (Å²) in [6.07, 6.45) is 3.87. The summed E-state index contributed by atoms with van der Waals surface area (Å²) in [5.74, 6) is -1.33. The van der Waals surface area contributed by atoms with E-state index in [-0.39, 0.29) is 36.9 Å². The molecular formula is C26H38O5Sn. The van der Waals surface area contributed by atoms with Gasteiger partial charge in [-0.15, -0.1) is 0 Å². The number of hydrogen-bond donors (Lipinski definition) is 1. The predicted molar refractivity (Wildman–Crippen MR) is 131 cm³/mol. The number of ether oxygens (including phenoxy) is 2. The molecule has 1 N–H and O–H groups in total. The maximum Gasteiger partial charge on any atom is -0.0238 e. The number of rotatable bonds is 12. The van der Waals surface area contributed by atoms with Gasteiger partial charge < -0.3 is 14.6 Å². The number of esters is 2. The van der Waals surface area contributed by atoms with Gasteiger partial charge in [-0.05, 0) is 36.8 Å². The van der Waals surface area contributed by atoms with Crippen LogP contribution in [0.5, 0.6) is 0 Å². The zero-order valence-electron chi connectivity index (χ0n) is 19.5. The smallest absolute Gasteiger partial charge is 0.0238 e. The average molecular weight is 549 g/mol. The first-order valence-corrected chi connectivity index (χ1v) is 11.1. The summed E-state index contributed by atoms with van der Waals surface area (Å²) < 4.78 is 9.60. The quantitative estimate of drug-likeness (QED) is 0.247. The maximum absolute atomic E-state index is 11.2. The van der Waals surface area contributed by atoms with E-state index in [0.717, 1.165) is 38.5 Å². The van der Waals surface area contributed by atoms with Crippen LogP contribution in [0.4, 0.5) is 0 Å². The fourth-order valence-corrected chi connectivity index (χ4v) is 2.62. The summed E-state index contributed by atoms with van der Waals surface area (Å²) in [5.41, 5.74) is 2.83. The van der Waals surface area contributed by atoms with Crippen LogP contribution in [0.3, 0.4) is 0 Å². The van der Waals surface area contributed by atoms with Crippen molar-refractivity contribution >= 4 is 35.8 Å². The molecule has 0 amide bonds. The Morgan fingerprint density at radius 2 is 1.22 bits per heavy atom. The summed E-state index contributed by atoms with van der Waals surface area (Å²) in [4.78, 5) is 22.4. The zero-order chi connectivity index (χ0) is 22.7. The number of benzene rings is 2. The molecule has 176 valence electrons. The van der Waals surface area contributed by atoms with Gasteiger partial charge in [0.05, 0.1) is 19.6 Å². The van der Waals surface area contributed by atoms with Gasteiger partial charge in [0.2, 0.25) is 0 Å². The molecule has 0 fully saturated rings. The number of carbonyl (C=O) groups excluding carboxylic acids is 2. The van der Waals surface area contributed by atoms with Crippen LogP contribution in [0.25, 0.3) is 0 Å². The van der Waals surface area contributed by atoms with Crippen LogP contribution < -0.4 is 0 Å². The fraction of sp³-hybridized carbons (Fsp3) is 0.462. The van der Waals surface area contributed by atoms with Crippen molar-refractivity contribution in [3.63, 3.8) is 0 Å². The second-order valence-corrected chi connectivity index (χ2v) is 7.29. The number of carbonyl (C=O) groups is 2. The van der Waals surface area contributed by atoms with Gasteiger partial charge in [0.1, 0.15) is 0 Å². The molecule has 0 aliphatic rings. The monoisotopic (exact) mass is 550 g/mol. The molecule has 2 aromatic rings. The van der Waals surface area contributed by atoms with Crippen molar-refractivity contribution in [2.45, 2.75) is 64.9 Å². The van der Waals surface area contributed by atoms with Gasteiger partial charge in [0, 0.05) is 0 Å². The molecule has 2 aromatic carbocycles. The Bertz CT molecular complexity index is 682. The van der Waals surface area contributed by atoms with Gasteiger partial charge in [-0.3, -0.25) is 4.79 Å². The number of unbranched alkanes of at least 4 members (excludes halogenated alkanes) is 2. The first kappa shape index (κ1) is 30.1. The first-order valence-electron chi connectivity index (χ1n) is 11.1. The number of aliphatic hydroxyl groups excluding tert-OH is 1. The zero-order valence-corrected chi connectivity index (χ0v) is 23.5. The van der Waals surface area contributed by atoms with Crippen LogP contribution in [-0.4, -0.2) is 60.3 Å². The molecule has 0 aliphatic carbocycles. The standard InChI is InChI=1S/C14H14.C12H22O5.Sn.2H/c1-3-7-13(8-4-1)11-12-14-9-5-2-6-10-14;1-3-5-7-16-11(14)9-10(13)12(15)17-8-6-4-2;;;/h1-10H,11-12H2;10,13H,3-9H2,1-2H3;;;. The van der Waals surface area contributed by atoms with Gasteiger partial charge in [-0.1, -0.05) is 87.4 Å². The van der Waals surface area contributed by atoms with Gasteiger partial charge in [0.15, 0.2) is 6.10 Å². The van der Waals surface area contributed by atoms with Crippen molar-refractivity contribution in [1.29, 1.82) is 0 Å². The molecule has 0 saturated heterocycles. The fourth-order valence-electron chi connectivity index (χ4n) is 2.62. The van der Waals surface area contributed by atoms with E-state index >= 15 is 0 Å². The largest absolute Gasteiger partial charge is 0.0622 e. The van der Waals surface area contributed by atoms with E-state index < -0.39 is 18.0 Å². The molecule has 5 nitrogen and oxygen atoms in total. The molecular weight excluding hydrogens is 511 g/mol. The first-order chi connectivity index (χ1) is 15.1. The minimum absolute atomic E-state index is 0. The van der Waals surface area contributed by atoms with E-state index in [1.165, 1.54) is 11.1 Å².